The molecule has 18 heavy (non-hydrogen) atoms. The van der Waals surface area contributed by atoms with Crippen molar-refractivity contribution >= 4 is 22.6 Å². The van der Waals surface area contributed by atoms with Crippen LogP contribution in [0.5, 0.6) is 0 Å². The summed E-state index contributed by atoms with van der Waals surface area (Å²) in [6.07, 6.45) is 0. The first kappa shape index (κ1) is 13.6. The van der Waals surface area contributed by atoms with Gasteiger partial charge in [-0.1, -0.05) is 18.2 Å². The molecule has 4 heteroatoms. The molecule has 1 N–H and O–H groups in total. The second kappa shape index (κ2) is 6.36. The molecule has 0 aliphatic carbocycles. The third-order valence-corrected chi connectivity index (χ3v) is 3.74. The molecule has 0 saturated carbocycles. The summed E-state index contributed by atoms with van der Waals surface area (Å²) in [5.41, 5.74) is 1.22. The van der Waals surface area contributed by atoms with E-state index >= 15 is 0 Å². The Morgan fingerprint density at radius 2 is 2.06 bits per heavy atom. The standard InChI is InChI=1S/C14H16INO2/c1-16-14(11-5-3-4-6-12(11)15)13-8-7-10(18-13)9-17-2/h3-8,14,16H,9H2,1-2H3. The first-order chi connectivity index (χ1) is 8.76. The zero-order valence-corrected chi connectivity index (χ0v) is 12.6. The first-order valence-electron chi connectivity index (χ1n) is 5.75. The van der Waals surface area contributed by atoms with Crippen molar-refractivity contribution in [2.75, 3.05) is 14.2 Å². The number of hydrogen-bond donors (Lipinski definition) is 1. The average molecular weight is 357 g/mol. The Balaban J connectivity index is 2.30. The minimum atomic E-state index is 0.0729. The molecule has 2 aromatic rings. The molecule has 1 atom stereocenters. The minimum Gasteiger partial charge on any atom is -0.462 e. The van der Waals surface area contributed by atoms with Gasteiger partial charge in [0.2, 0.25) is 0 Å². The van der Waals surface area contributed by atoms with E-state index in [0.717, 1.165) is 11.5 Å². The van der Waals surface area contributed by atoms with Crippen molar-refractivity contribution in [3.05, 3.63) is 57.1 Å². The Morgan fingerprint density at radius 3 is 2.72 bits per heavy atom. The summed E-state index contributed by atoms with van der Waals surface area (Å²) in [6, 6.07) is 12.3. The Morgan fingerprint density at radius 1 is 1.28 bits per heavy atom. The zero-order chi connectivity index (χ0) is 13.0. The number of hydrogen-bond acceptors (Lipinski definition) is 3. The molecule has 3 nitrogen and oxygen atoms in total. The van der Waals surface area contributed by atoms with E-state index in [1.165, 1.54) is 9.13 Å². The van der Waals surface area contributed by atoms with E-state index in [-0.39, 0.29) is 6.04 Å². The Labute approximate surface area is 121 Å². The van der Waals surface area contributed by atoms with Crippen molar-refractivity contribution < 1.29 is 9.15 Å². The molecule has 1 aromatic heterocycles. The molecule has 0 aliphatic rings. The second-order valence-corrected chi connectivity index (χ2v) is 5.14. The first-order valence-corrected chi connectivity index (χ1v) is 6.83. The van der Waals surface area contributed by atoms with Crippen molar-refractivity contribution in [3.63, 3.8) is 0 Å². The highest BCUT2D eigenvalue weighted by Crippen LogP contribution is 2.27. The summed E-state index contributed by atoms with van der Waals surface area (Å²) < 4.78 is 12.1. The van der Waals surface area contributed by atoms with Gasteiger partial charge >= 0.3 is 0 Å². The maximum atomic E-state index is 5.80. The molecular formula is C14H16INO2. The van der Waals surface area contributed by atoms with Crippen molar-refractivity contribution in [1.29, 1.82) is 0 Å². The van der Waals surface area contributed by atoms with Crippen LogP contribution in [0.1, 0.15) is 23.1 Å². The quantitative estimate of drug-likeness (QED) is 0.834. The van der Waals surface area contributed by atoms with Gasteiger partial charge in [0.25, 0.3) is 0 Å². The van der Waals surface area contributed by atoms with Crippen LogP contribution in [0.3, 0.4) is 0 Å². The number of nitrogens with one attached hydrogen (secondary N) is 1. The van der Waals surface area contributed by atoms with Crippen LogP contribution in [0.2, 0.25) is 0 Å². The van der Waals surface area contributed by atoms with E-state index in [1.807, 2.05) is 31.3 Å². The van der Waals surface area contributed by atoms with E-state index < -0.39 is 0 Å². The van der Waals surface area contributed by atoms with Gasteiger partial charge < -0.3 is 14.5 Å². The topological polar surface area (TPSA) is 34.4 Å². The van der Waals surface area contributed by atoms with Gasteiger partial charge in [0, 0.05) is 10.7 Å². The monoisotopic (exact) mass is 357 g/mol. The largest absolute Gasteiger partial charge is 0.462 e. The van der Waals surface area contributed by atoms with Gasteiger partial charge in [-0.3, -0.25) is 0 Å². The number of furan rings is 1. The number of ether oxygens (including phenoxy) is 1. The van der Waals surface area contributed by atoms with Crippen molar-refractivity contribution in [2.24, 2.45) is 0 Å². The van der Waals surface area contributed by atoms with Crippen LogP contribution < -0.4 is 5.32 Å². The van der Waals surface area contributed by atoms with Crippen LogP contribution in [0.25, 0.3) is 0 Å². The van der Waals surface area contributed by atoms with Gasteiger partial charge in [-0.25, -0.2) is 0 Å². The van der Waals surface area contributed by atoms with Crippen molar-refractivity contribution in [3.8, 4) is 0 Å². The lowest BCUT2D eigenvalue weighted by molar-refractivity contribution is 0.162. The van der Waals surface area contributed by atoms with Gasteiger partial charge in [0.05, 0.1) is 6.04 Å². The van der Waals surface area contributed by atoms with Crippen LogP contribution in [-0.2, 0) is 11.3 Å². The molecule has 96 valence electrons. The SMILES string of the molecule is CNC(c1ccc(COC)o1)c1ccccc1I. The van der Waals surface area contributed by atoms with Crippen LogP contribution in [-0.4, -0.2) is 14.2 Å². The summed E-state index contributed by atoms with van der Waals surface area (Å²) in [7, 11) is 3.60. The molecule has 0 spiro atoms. The predicted molar refractivity (Wildman–Crippen MR) is 79.5 cm³/mol. The van der Waals surface area contributed by atoms with Gasteiger partial charge in [-0.05, 0) is 53.4 Å². The number of methoxy groups -OCH3 is 1. The highest BCUT2D eigenvalue weighted by molar-refractivity contribution is 14.1. The fraction of sp³-hybridized carbons (Fsp3) is 0.286. The normalized spacial score (nSPS) is 12.6. The maximum absolute atomic E-state index is 5.80. The van der Waals surface area contributed by atoms with Gasteiger partial charge in [0.1, 0.15) is 18.1 Å². The molecule has 0 radical (unpaired) electrons. The Hall–Kier alpha value is -0.850. The van der Waals surface area contributed by atoms with E-state index in [1.54, 1.807) is 7.11 Å². The smallest absolute Gasteiger partial charge is 0.129 e. The van der Waals surface area contributed by atoms with Gasteiger partial charge in [0.15, 0.2) is 0 Å². The third kappa shape index (κ3) is 2.93. The summed E-state index contributed by atoms with van der Waals surface area (Å²) in [5.74, 6) is 1.76. The lowest BCUT2D eigenvalue weighted by Gasteiger charge is -2.15. The van der Waals surface area contributed by atoms with Gasteiger partial charge in [-0.2, -0.15) is 0 Å². The van der Waals surface area contributed by atoms with E-state index in [9.17, 15) is 0 Å². The summed E-state index contributed by atoms with van der Waals surface area (Å²) >= 11 is 2.34. The zero-order valence-electron chi connectivity index (χ0n) is 10.4. The third-order valence-electron chi connectivity index (χ3n) is 2.76. The van der Waals surface area contributed by atoms with Gasteiger partial charge in [-0.15, -0.1) is 0 Å². The molecular weight excluding hydrogens is 341 g/mol. The molecule has 0 aliphatic heterocycles. The molecule has 0 bridgehead atoms. The molecule has 0 saturated heterocycles. The van der Waals surface area contributed by atoms with E-state index in [2.05, 4.69) is 40.0 Å². The van der Waals surface area contributed by atoms with Crippen LogP contribution in [0.4, 0.5) is 0 Å². The highest BCUT2D eigenvalue weighted by Gasteiger charge is 2.18. The molecule has 0 amide bonds. The van der Waals surface area contributed by atoms with Crippen molar-refractivity contribution in [1.82, 2.24) is 5.32 Å². The van der Waals surface area contributed by atoms with E-state index in [4.69, 9.17) is 9.15 Å². The number of benzene rings is 1. The summed E-state index contributed by atoms with van der Waals surface area (Å²) in [6.45, 7) is 0.502. The molecule has 1 unspecified atom stereocenters. The molecule has 1 aromatic carbocycles. The molecule has 0 fully saturated rings. The van der Waals surface area contributed by atoms with Crippen LogP contribution in [0, 0.1) is 3.57 Å². The van der Waals surface area contributed by atoms with Crippen LogP contribution in [0.15, 0.2) is 40.8 Å². The fourth-order valence-corrected chi connectivity index (χ4v) is 2.63. The van der Waals surface area contributed by atoms with E-state index in [0.29, 0.717) is 6.61 Å². The fourth-order valence-electron chi connectivity index (χ4n) is 1.93. The lowest BCUT2D eigenvalue weighted by Crippen LogP contribution is -2.18. The molecule has 2 rings (SSSR count). The lowest BCUT2D eigenvalue weighted by atomic mass is 10.1. The number of halogens is 1. The second-order valence-electron chi connectivity index (χ2n) is 3.98. The minimum absolute atomic E-state index is 0.0729. The maximum Gasteiger partial charge on any atom is 0.129 e. The summed E-state index contributed by atoms with van der Waals surface area (Å²) in [4.78, 5) is 0. The van der Waals surface area contributed by atoms with Crippen LogP contribution >= 0.6 is 22.6 Å². The average Bonchev–Trinajstić information content (AvgIpc) is 2.82. The Kier molecular flexibility index (Phi) is 4.79. The highest BCUT2D eigenvalue weighted by atomic mass is 127. The number of rotatable bonds is 5. The Bertz CT molecular complexity index is 510. The van der Waals surface area contributed by atoms with Crippen molar-refractivity contribution in [2.45, 2.75) is 12.6 Å². The predicted octanol–water partition coefficient (Wildman–Crippen LogP) is 3.34. The molecule has 1 heterocycles. The summed E-state index contributed by atoms with van der Waals surface area (Å²) in [5, 5.41) is 3.29.